The van der Waals surface area contributed by atoms with Gasteiger partial charge in [0.15, 0.2) is 5.76 Å². The molecule has 3 heterocycles. The van der Waals surface area contributed by atoms with E-state index in [2.05, 4.69) is 30.5 Å². The highest BCUT2D eigenvalue weighted by Crippen LogP contribution is 2.39. The molecule has 0 unspecified atom stereocenters. The molecular weight excluding hydrogens is 384 g/mol. The maximum atomic E-state index is 13.4. The van der Waals surface area contributed by atoms with Gasteiger partial charge >= 0.3 is 0 Å². The predicted molar refractivity (Wildman–Crippen MR) is 113 cm³/mol. The molecule has 29 heavy (non-hydrogen) atoms. The average Bonchev–Trinajstić information content (AvgIpc) is 3.43. The summed E-state index contributed by atoms with van der Waals surface area (Å²) in [4.78, 5) is 30.9. The lowest BCUT2D eigenvalue weighted by molar-refractivity contribution is -0.134. The Kier molecular flexibility index (Phi) is 5.53. The average molecular weight is 409 g/mol. The van der Waals surface area contributed by atoms with Crippen LogP contribution in [-0.4, -0.2) is 41.2 Å². The largest absolute Gasteiger partial charge is 0.459 e. The fourth-order valence-corrected chi connectivity index (χ4v) is 4.86. The molecule has 2 amide bonds. The lowest BCUT2D eigenvalue weighted by atomic mass is 9.90. The number of fused-ring (bicyclic) bond motifs is 1. The lowest BCUT2D eigenvalue weighted by Gasteiger charge is -2.38. The molecule has 0 saturated heterocycles. The van der Waals surface area contributed by atoms with Crippen molar-refractivity contribution >= 4 is 23.2 Å². The van der Waals surface area contributed by atoms with Crippen LogP contribution in [-0.2, 0) is 11.2 Å². The summed E-state index contributed by atoms with van der Waals surface area (Å²) in [5, 5.41) is 2.10. The van der Waals surface area contributed by atoms with Gasteiger partial charge in [-0.2, -0.15) is 0 Å². The molecule has 1 atom stereocenters. The van der Waals surface area contributed by atoms with Crippen molar-refractivity contribution in [3.8, 4) is 0 Å². The second kappa shape index (κ2) is 8.25. The van der Waals surface area contributed by atoms with Gasteiger partial charge in [-0.25, -0.2) is 0 Å². The van der Waals surface area contributed by atoms with Crippen molar-refractivity contribution in [2.24, 2.45) is 0 Å². The molecule has 3 aromatic rings. The van der Waals surface area contributed by atoms with Crippen LogP contribution in [0.25, 0.3) is 0 Å². The molecule has 0 N–H and O–H groups in total. The second-order valence-electron chi connectivity index (χ2n) is 7.19. The highest BCUT2D eigenvalue weighted by atomic mass is 32.1. The highest BCUT2D eigenvalue weighted by Gasteiger charge is 2.34. The van der Waals surface area contributed by atoms with Gasteiger partial charge in [-0.05, 0) is 60.5 Å². The Hall–Kier alpha value is -2.86. The van der Waals surface area contributed by atoms with E-state index in [4.69, 9.17) is 4.42 Å². The standard InChI is InChI=1S/C23H24N2O3S/c1-3-24(23(27)19-9-6-13-28-19)15-21(26)25-12-10-20-18(11-14-29-20)22(25)17-8-5-4-7-16(17)2/h4-9,11,13-14,22H,3,10,12,15H2,1-2H3/t22-/m0/s1. The highest BCUT2D eigenvalue weighted by molar-refractivity contribution is 7.10. The number of carbonyl (C=O) groups excluding carboxylic acids is 2. The predicted octanol–water partition coefficient (Wildman–Crippen LogP) is 4.29. The van der Waals surface area contributed by atoms with Crippen LogP contribution >= 0.6 is 11.3 Å². The Labute approximate surface area is 174 Å². The zero-order valence-corrected chi connectivity index (χ0v) is 17.4. The van der Waals surface area contributed by atoms with Crippen molar-refractivity contribution in [1.82, 2.24) is 9.80 Å². The summed E-state index contributed by atoms with van der Waals surface area (Å²) in [6.07, 6.45) is 2.32. The molecule has 4 rings (SSSR count). The third-order valence-corrected chi connectivity index (χ3v) is 6.49. The van der Waals surface area contributed by atoms with E-state index in [1.54, 1.807) is 28.4 Å². The van der Waals surface area contributed by atoms with Gasteiger partial charge in [0.2, 0.25) is 5.91 Å². The SMILES string of the molecule is CCN(CC(=O)N1CCc2sccc2[C@@H]1c1ccccc1C)C(=O)c1ccco1. The smallest absolute Gasteiger partial charge is 0.290 e. The van der Waals surface area contributed by atoms with Gasteiger partial charge in [-0.3, -0.25) is 9.59 Å². The molecule has 0 fully saturated rings. The van der Waals surface area contributed by atoms with Crippen molar-refractivity contribution in [2.45, 2.75) is 26.3 Å². The van der Waals surface area contributed by atoms with Gasteiger partial charge in [0, 0.05) is 18.0 Å². The van der Waals surface area contributed by atoms with E-state index in [9.17, 15) is 9.59 Å². The number of aryl methyl sites for hydroxylation is 1. The van der Waals surface area contributed by atoms with Crippen LogP contribution in [0, 0.1) is 6.92 Å². The fraction of sp³-hybridized carbons (Fsp3) is 0.304. The summed E-state index contributed by atoms with van der Waals surface area (Å²) in [7, 11) is 0. The van der Waals surface area contributed by atoms with Crippen LogP contribution in [0.15, 0.2) is 58.5 Å². The molecule has 5 nitrogen and oxygen atoms in total. The molecule has 2 aromatic heterocycles. The number of thiophene rings is 1. The molecule has 6 heteroatoms. The zero-order chi connectivity index (χ0) is 20.4. The van der Waals surface area contributed by atoms with Crippen molar-refractivity contribution in [1.29, 1.82) is 0 Å². The van der Waals surface area contributed by atoms with Crippen LogP contribution in [0.5, 0.6) is 0 Å². The Morgan fingerprint density at radius 1 is 1.17 bits per heavy atom. The van der Waals surface area contributed by atoms with Crippen LogP contribution < -0.4 is 0 Å². The minimum atomic E-state index is -0.258. The summed E-state index contributed by atoms with van der Waals surface area (Å²) in [5.41, 5.74) is 3.50. The van der Waals surface area contributed by atoms with Crippen molar-refractivity contribution in [3.63, 3.8) is 0 Å². The van der Waals surface area contributed by atoms with E-state index >= 15 is 0 Å². The maximum absolute atomic E-state index is 13.4. The number of carbonyl (C=O) groups is 2. The Morgan fingerprint density at radius 3 is 2.72 bits per heavy atom. The normalized spacial score (nSPS) is 15.8. The summed E-state index contributed by atoms with van der Waals surface area (Å²) in [6.45, 7) is 5.09. The van der Waals surface area contributed by atoms with Crippen LogP contribution in [0.3, 0.4) is 0 Å². The molecule has 1 aliphatic heterocycles. The first kappa shape index (κ1) is 19.5. The minimum absolute atomic E-state index is 0.0396. The molecule has 150 valence electrons. The summed E-state index contributed by atoms with van der Waals surface area (Å²) in [5.74, 6) is -0.0442. The number of amides is 2. The van der Waals surface area contributed by atoms with Crippen molar-refractivity contribution in [3.05, 3.63) is 81.4 Å². The van der Waals surface area contributed by atoms with Gasteiger partial charge < -0.3 is 14.2 Å². The fourth-order valence-electron chi connectivity index (χ4n) is 3.95. The number of hydrogen-bond donors (Lipinski definition) is 0. The number of likely N-dealkylation sites (N-methyl/N-ethyl adjacent to an activating group) is 1. The van der Waals surface area contributed by atoms with Gasteiger partial charge in [0.05, 0.1) is 12.3 Å². The summed E-state index contributed by atoms with van der Waals surface area (Å²) >= 11 is 1.75. The van der Waals surface area contributed by atoms with E-state index < -0.39 is 0 Å². The number of furan rings is 1. The minimum Gasteiger partial charge on any atom is -0.459 e. The third kappa shape index (κ3) is 3.72. The van der Waals surface area contributed by atoms with Crippen LogP contribution in [0.2, 0.25) is 0 Å². The van der Waals surface area contributed by atoms with Crippen LogP contribution in [0.1, 0.15) is 45.1 Å². The lowest BCUT2D eigenvalue weighted by Crippen LogP contribution is -2.46. The first-order valence-corrected chi connectivity index (χ1v) is 10.7. The molecule has 1 aromatic carbocycles. The summed E-state index contributed by atoms with van der Waals surface area (Å²) in [6, 6.07) is 13.5. The second-order valence-corrected chi connectivity index (χ2v) is 8.19. The first-order valence-electron chi connectivity index (χ1n) is 9.84. The third-order valence-electron chi connectivity index (χ3n) is 5.50. The monoisotopic (exact) mass is 408 g/mol. The maximum Gasteiger partial charge on any atom is 0.290 e. The zero-order valence-electron chi connectivity index (χ0n) is 16.6. The molecule has 0 saturated carbocycles. The van der Waals surface area contributed by atoms with Crippen LogP contribution in [0.4, 0.5) is 0 Å². The molecule has 0 aliphatic carbocycles. The molecule has 0 spiro atoms. The van der Waals surface area contributed by atoms with E-state index in [-0.39, 0.29) is 30.2 Å². The van der Waals surface area contributed by atoms with E-state index in [1.807, 2.05) is 24.0 Å². The van der Waals surface area contributed by atoms with E-state index in [0.29, 0.717) is 13.1 Å². The number of benzene rings is 1. The van der Waals surface area contributed by atoms with Gasteiger partial charge in [0.1, 0.15) is 6.54 Å². The topological polar surface area (TPSA) is 53.8 Å². The summed E-state index contributed by atoms with van der Waals surface area (Å²) < 4.78 is 5.23. The van der Waals surface area contributed by atoms with Crippen molar-refractivity contribution in [2.75, 3.05) is 19.6 Å². The molecular formula is C23H24N2O3S. The Balaban J connectivity index is 1.63. The van der Waals surface area contributed by atoms with Gasteiger partial charge in [-0.1, -0.05) is 24.3 Å². The van der Waals surface area contributed by atoms with Crippen molar-refractivity contribution < 1.29 is 14.0 Å². The van der Waals surface area contributed by atoms with Gasteiger partial charge in [-0.15, -0.1) is 11.3 Å². The number of nitrogens with zero attached hydrogens (tertiary/aromatic N) is 2. The Bertz CT molecular complexity index is 1010. The Morgan fingerprint density at radius 2 is 2.00 bits per heavy atom. The number of hydrogen-bond acceptors (Lipinski definition) is 4. The van der Waals surface area contributed by atoms with Gasteiger partial charge in [0.25, 0.3) is 5.91 Å². The first-order chi connectivity index (χ1) is 14.1. The molecule has 0 radical (unpaired) electrons. The molecule has 1 aliphatic rings. The quantitative estimate of drug-likeness (QED) is 0.633. The van der Waals surface area contributed by atoms with E-state index in [0.717, 1.165) is 17.5 Å². The van der Waals surface area contributed by atoms with E-state index in [1.165, 1.54) is 16.7 Å². The number of rotatable bonds is 5. The molecule has 0 bridgehead atoms.